The Morgan fingerprint density at radius 3 is 2.37 bits per heavy atom. The van der Waals surface area contributed by atoms with Gasteiger partial charge in [0.25, 0.3) is 11.8 Å². The molecule has 6 nitrogen and oxygen atoms in total. The Morgan fingerprint density at radius 1 is 1.07 bits per heavy atom. The number of carbonyl (C=O) groups is 2. The summed E-state index contributed by atoms with van der Waals surface area (Å²) >= 11 is 0. The molecule has 2 aromatic rings. The largest absolute Gasteiger partial charge is 0.483 e. The molecule has 2 amide bonds. The number of rotatable bonds is 6. The van der Waals surface area contributed by atoms with E-state index >= 15 is 0 Å². The Kier molecular flexibility index (Phi) is 6.98. The third-order valence-electron chi connectivity index (χ3n) is 5.73. The van der Waals surface area contributed by atoms with Crippen molar-refractivity contribution in [2.45, 2.75) is 32.7 Å². The zero-order valence-electron chi connectivity index (χ0n) is 18.3. The van der Waals surface area contributed by atoms with Gasteiger partial charge in [0.2, 0.25) is 0 Å². The zero-order chi connectivity index (χ0) is 21.7. The molecule has 1 aliphatic rings. The third kappa shape index (κ3) is 5.32. The fourth-order valence-electron chi connectivity index (χ4n) is 3.56. The van der Waals surface area contributed by atoms with Crippen LogP contribution >= 0.6 is 0 Å². The number of aryl methyl sites for hydroxylation is 1. The van der Waals surface area contributed by atoms with Crippen LogP contribution in [0.3, 0.4) is 0 Å². The van der Waals surface area contributed by atoms with E-state index in [-0.39, 0.29) is 24.5 Å². The number of hydrogen-bond acceptors (Lipinski definition) is 4. The van der Waals surface area contributed by atoms with Gasteiger partial charge < -0.3 is 19.9 Å². The van der Waals surface area contributed by atoms with Crippen molar-refractivity contribution in [3.63, 3.8) is 0 Å². The molecule has 1 saturated heterocycles. The Balaban J connectivity index is 1.45. The van der Waals surface area contributed by atoms with E-state index in [2.05, 4.69) is 5.32 Å². The minimum absolute atomic E-state index is 0.0139. The van der Waals surface area contributed by atoms with Crippen molar-refractivity contribution in [3.8, 4) is 5.75 Å². The molecule has 1 N–H and O–H groups in total. The quantitative estimate of drug-likeness (QED) is 0.796. The summed E-state index contributed by atoms with van der Waals surface area (Å²) in [5.74, 6) is 0.675. The van der Waals surface area contributed by atoms with Gasteiger partial charge in [0.1, 0.15) is 5.75 Å². The molecule has 0 saturated carbocycles. The summed E-state index contributed by atoms with van der Waals surface area (Å²) in [7, 11) is 3.94. The van der Waals surface area contributed by atoms with E-state index in [4.69, 9.17) is 4.74 Å². The van der Waals surface area contributed by atoms with Crippen LogP contribution in [0, 0.1) is 13.8 Å². The fourth-order valence-corrected chi connectivity index (χ4v) is 3.56. The van der Waals surface area contributed by atoms with E-state index in [9.17, 15) is 9.59 Å². The van der Waals surface area contributed by atoms with Crippen molar-refractivity contribution in [1.82, 2.24) is 10.2 Å². The number of anilines is 1. The third-order valence-corrected chi connectivity index (χ3v) is 5.73. The average Bonchev–Trinajstić information content (AvgIpc) is 2.75. The molecule has 0 aliphatic carbocycles. The maximum Gasteiger partial charge on any atom is 0.260 e. The van der Waals surface area contributed by atoms with Crippen molar-refractivity contribution >= 4 is 17.5 Å². The minimum atomic E-state index is -0.0664. The van der Waals surface area contributed by atoms with E-state index in [1.807, 2.05) is 80.2 Å². The van der Waals surface area contributed by atoms with Crippen molar-refractivity contribution in [2.24, 2.45) is 0 Å². The van der Waals surface area contributed by atoms with Crippen molar-refractivity contribution in [2.75, 3.05) is 38.7 Å². The van der Waals surface area contributed by atoms with Gasteiger partial charge in [0.15, 0.2) is 6.61 Å². The molecule has 1 aliphatic heterocycles. The van der Waals surface area contributed by atoms with Gasteiger partial charge in [-0.25, -0.2) is 0 Å². The predicted molar refractivity (Wildman–Crippen MR) is 119 cm³/mol. The normalized spacial score (nSPS) is 14.3. The van der Waals surface area contributed by atoms with Crippen LogP contribution in [0.15, 0.2) is 42.5 Å². The molecule has 3 rings (SSSR count). The topological polar surface area (TPSA) is 61.9 Å². The van der Waals surface area contributed by atoms with Crippen molar-refractivity contribution < 1.29 is 14.3 Å². The first-order valence-electron chi connectivity index (χ1n) is 10.4. The van der Waals surface area contributed by atoms with Crippen LogP contribution < -0.4 is 15.0 Å². The van der Waals surface area contributed by atoms with Crippen LogP contribution in [0.5, 0.6) is 5.75 Å². The highest BCUT2D eigenvalue weighted by atomic mass is 16.5. The standard InChI is InChI=1S/C24H31N3O3/c1-17-6-5-7-22(18(17)2)30-16-23(28)27-14-12-20(13-15-27)25-24(29)19-8-10-21(11-9-19)26(3)4/h5-11,20H,12-16H2,1-4H3,(H,25,29). The van der Waals surface area contributed by atoms with Crippen molar-refractivity contribution in [1.29, 1.82) is 0 Å². The molecule has 0 radical (unpaired) electrons. The highest BCUT2D eigenvalue weighted by molar-refractivity contribution is 5.94. The van der Waals surface area contributed by atoms with Crippen LogP contribution in [0.2, 0.25) is 0 Å². The van der Waals surface area contributed by atoms with Gasteiger partial charge in [-0.05, 0) is 68.1 Å². The van der Waals surface area contributed by atoms with Gasteiger partial charge in [-0.15, -0.1) is 0 Å². The Morgan fingerprint density at radius 2 is 1.73 bits per heavy atom. The van der Waals surface area contributed by atoms with E-state index in [1.165, 1.54) is 0 Å². The molecule has 0 bridgehead atoms. The number of piperidine rings is 1. The number of hydrogen-bond donors (Lipinski definition) is 1. The molecule has 0 spiro atoms. The molecule has 160 valence electrons. The van der Waals surface area contributed by atoms with E-state index < -0.39 is 0 Å². The lowest BCUT2D eigenvalue weighted by Crippen LogP contribution is -2.47. The summed E-state index contributed by atoms with van der Waals surface area (Å²) in [6.45, 7) is 5.32. The van der Waals surface area contributed by atoms with Crippen molar-refractivity contribution in [3.05, 3.63) is 59.2 Å². The zero-order valence-corrected chi connectivity index (χ0v) is 18.3. The number of amides is 2. The molecule has 0 aromatic heterocycles. The second-order valence-electron chi connectivity index (χ2n) is 8.06. The fraction of sp³-hybridized carbons (Fsp3) is 0.417. The van der Waals surface area contributed by atoms with Gasteiger partial charge in [0.05, 0.1) is 0 Å². The predicted octanol–water partition coefficient (Wildman–Crippen LogP) is 3.17. The number of ether oxygens (including phenoxy) is 1. The number of benzene rings is 2. The first-order chi connectivity index (χ1) is 14.3. The number of nitrogens with one attached hydrogen (secondary N) is 1. The molecule has 30 heavy (non-hydrogen) atoms. The highest BCUT2D eigenvalue weighted by Crippen LogP contribution is 2.21. The maximum absolute atomic E-state index is 12.5. The first kappa shape index (κ1) is 21.7. The lowest BCUT2D eigenvalue weighted by atomic mass is 10.0. The number of carbonyl (C=O) groups excluding carboxylic acids is 2. The molecule has 1 heterocycles. The lowest BCUT2D eigenvalue weighted by molar-refractivity contribution is -0.134. The van der Waals surface area contributed by atoms with E-state index in [1.54, 1.807) is 0 Å². The summed E-state index contributed by atoms with van der Waals surface area (Å²) < 4.78 is 5.74. The molecule has 0 unspecified atom stereocenters. The summed E-state index contributed by atoms with van der Waals surface area (Å²) in [6, 6.07) is 13.5. The monoisotopic (exact) mass is 409 g/mol. The van der Waals surface area contributed by atoms with Crippen LogP contribution in [0.25, 0.3) is 0 Å². The van der Waals surface area contributed by atoms with E-state index in [0.29, 0.717) is 18.7 Å². The maximum atomic E-state index is 12.5. The summed E-state index contributed by atoms with van der Waals surface area (Å²) in [4.78, 5) is 28.8. The van der Waals surface area contributed by atoms with Gasteiger partial charge in [-0.2, -0.15) is 0 Å². The number of nitrogens with zero attached hydrogens (tertiary/aromatic N) is 2. The Labute approximate surface area is 178 Å². The molecular formula is C24H31N3O3. The molecule has 0 atom stereocenters. The van der Waals surface area contributed by atoms with E-state index in [0.717, 1.165) is 35.4 Å². The van der Waals surface area contributed by atoms with Gasteiger partial charge in [-0.1, -0.05) is 12.1 Å². The summed E-state index contributed by atoms with van der Waals surface area (Å²) in [5.41, 5.74) is 3.92. The second-order valence-corrected chi connectivity index (χ2v) is 8.06. The Bertz CT molecular complexity index is 885. The van der Waals surface area contributed by atoms with Gasteiger partial charge in [0, 0.05) is 44.5 Å². The van der Waals surface area contributed by atoms with Crippen LogP contribution in [0.1, 0.15) is 34.3 Å². The molecular weight excluding hydrogens is 378 g/mol. The lowest BCUT2D eigenvalue weighted by Gasteiger charge is -2.32. The summed E-state index contributed by atoms with van der Waals surface area (Å²) in [6.07, 6.45) is 1.49. The average molecular weight is 410 g/mol. The molecule has 6 heteroatoms. The van der Waals surface area contributed by atoms with Gasteiger partial charge >= 0.3 is 0 Å². The first-order valence-corrected chi connectivity index (χ1v) is 10.4. The highest BCUT2D eigenvalue weighted by Gasteiger charge is 2.24. The molecule has 1 fully saturated rings. The van der Waals surface area contributed by atoms with Gasteiger partial charge in [-0.3, -0.25) is 9.59 Å². The number of likely N-dealkylation sites (tertiary alicyclic amines) is 1. The minimum Gasteiger partial charge on any atom is -0.483 e. The van der Waals surface area contributed by atoms with Crippen LogP contribution in [-0.4, -0.2) is 56.5 Å². The Hall–Kier alpha value is -3.02. The van der Waals surface area contributed by atoms with Crippen LogP contribution in [-0.2, 0) is 4.79 Å². The van der Waals surface area contributed by atoms with Crippen LogP contribution in [0.4, 0.5) is 5.69 Å². The SMILES string of the molecule is Cc1cccc(OCC(=O)N2CCC(NC(=O)c3ccc(N(C)C)cc3)CC2)c1C. The summed E-state index contributed by atoms with van der Waals surface area (Å²) in [5, 5.41) is 3.09. The second kappa shape index (κ2) is 9.65. The molecule has 2 aromatic carbocycles. The smallest absolute Gasteiger partial charge is 0.260 e.